The van der Waals surface area contributed by atoms with Gasteiger partial charge in [-0.05, 0) is 49.6 Å². The summed E-state index contributed by atoms with van der Waals surface area (Å²) < 4.78 is 0. The first-order valence-corrected chi connectivity index (χ1v) is 12.0. The van der Waals surface area contributed by atoms with Crippen molar-refractivity contribution in [2.75, 3.05) is 11.9 Å². The Morgan fingerprint density at radius 1 is 1.06 bits per heavy atom. The lowest BCUT2D eigenvalue weighted by atomic mass is 9.96. The monoisotopic (exact) mass is 434 g/mol. The fourth-order valence-electron chi connectivity index (χ4n) is 4.32. The highest BCUT2D eigenvalue weighted by atomic mass is 32.2. The van der Waals surface area contributed by atoms with E-state index in [-0.39, 0.29) is 17.9 Å². The highest BCUT2D eigenvalue weighted by Gasteiger charge is 2.27. The zero-order chi connectivity index (χ0) is 21.8. The normalized spacial score (nSPS) is 19.0. The molecule has 0 bridgehead atoms. The molecule has 2 aliphatic rings. The number of aryl methyl sites for hydroxylation is 1. The molecular formula is C26H30N2O2S. The maximum atomic E-state index is 13.0. The lowest BCUT2D eigenvalue weighted by Gasteiger charge is -2.27. The molecule has 1 fully saturated rings. The molecule has 2 amide bonds. The van der Waals surface area contributed by atoms with Crippen LogP contribution in [0.15, 0.2) is 52.3 Å². The van der Waals surface area contributed by atoms with Crippen LogP contribution in [0.2, 0.25) is 0 Å². The Bertz CT molecular complexity index is 1010. The number of thioether (sulfide) groups is 1. The maximum Gasteiger partial charge on any atom is 0.264 e. The van der Waals surface area contributed by atoms with Crippen molar-refractivity contribution in [3.63, 3.8) is 0 Å². The van der Waals surface area contributed by atoms with E-state index < -0.39 is 0 Å². The van der Waals surface area contributed by atoms with E-state index in [0.29, 0.717) is 10.5 Å². The van der Waals surface area contributed by atoms with Gasteiger partial charge in [0.2, 0.25) is 0 Å². The number of amides is 2. The van der Waals surface area contributed by atoms with Gasteiger partial charge in [0.25, 0.3) is 11.8 Å². The van der Waals surface area contributed by atoms with Gasteiger partial charge in [0, 0.05) is 23.5 Å². The van der Waals surface area contributed by atoms with E-state index in [1.807, 2.05) is 49.4 Å². The molecule has 1 aliphatic carbocycles. The summed E-state index contributed by atoms with van der Waals surface area (Å²) in [6.45, 7) is 2.04. The third-order valence-electron chi connectivity index (χ3n) is 6.10. The smallest absolute Gasteiger partial charge is 0.264 e. The quantitative estimate of drug-likeness (QED) is 0.608. The van der Waals surface area contributed by atoms with Gasteiger partial charge >= 0.3 is 0 Å². The molecule has 5 heteroatoms. The average molecular weight is 435 g/mol. The molecule has 1 saturated carbocycles. The minimum absolute atomic E-state index is 0.0414. The van der Waals surface area contributed by atoms with Crippen LogP contribution in [0.5, 0.6) is 0 Å². The van der Waals surface area contributed by atoms with Crippen LogP contribution in [0.1, 0.15) is 66.4 Å². The van der Waals surface area contributed by atoms with Crippen molar-refractivity contribution in [1.82, 2.24) is 5.32 Å². The van der Waals surface area contributed by atoms with Crippen molar-refractivity contribution in [1.29, 1.82) is 0 Å². The van der Waals surface area contributed by atoms with Gasteiger partial charge in [0.15, 0.2) is 0 Å². The molecule has 2 aromatic rings. The van der Waals surface area contributed by atoms with Crippen molar-refractivity contribution < 1.29 is 9.59 Å². The van der Waals surface area contributed by atoms with Gasteiger partial charge in [0.05, 0.1) is 10.6 Å². The third kappa shape index (κ3) is 5.21. The lowest BCUT2D eigenvalue weighted by Crippen LogP contribution is -2.35. The number of likely N-dealkylation sites (N-methyl/N-ethyl adjacent to an activating group) is 1. The van der Waals surface area contributed by atoms with Gasteiger partial charge in [-0.3, -0.25) is 9.59 Å². The number of hydrogen-bond donors (Lipinski definition) is 1. The maximum absolute atomic E-state index is 13.0. The summed E-state index contributed by atoms with van der Waals surface area (Å²) in [6.07, 6.45) is 10.2. The number of nitrogens with zero attached hydrogens (tertiary/aromatic N) is 1. The Balaban J connectivity index is 1.52. The topological polar surface area (TPSA) is 49.4 Å². The minimum Gasteiger partial charge on any atom is -0.349 e. The third-order valence-corrected chi connectivity index (χ3v) is 7.18. The van der Waals surface area contributed by atoms with Gasteiger partial charge < -0.3 is 10.2 Å². The minimum atomic E-state index is -0.0448. The van der Waals surface area contributed by atoms with Crippen LogP contribution in [0, 0.1) is 6.92 Å². The average Bonchev–Trinajstić information content (AvgIpc) is 2.73. The zero-order valence-corrected chi connectivity index (χ0v) is 19.1. The molecule has 0 saturated heterocycles. The molecule has 0 radical (unpaired) electrons. The summed E-state index contributed by atoms with van der Waals surface area (Å²) in [5, 5.41) is 3.22. The molecule has 1 aliphatic heterocycles. The van der Waals surface area contributed by atoms with Gasteiger partial charge in [-0.15, -0.1) is 0 Å². The Kier molecular flexibility index (Phi) is 6.81. The van der Waals surface area contributed by atoms with Crippen LogP contribution in [0.3, 0.4) is 0 Å². The fraction of sp³-hybridized carbons (Fsp3) is 0.385. The second kappa shape index (κ2) is 9.73. The van der Waals surface area contributed by atoms with Crippen LogP contribution in [-0.4, -0.2) is 24.9 Å². The van der Waals surface area contributed by atoms with Crippen molar-refractivity contribution >= 4 is 35.3 Å². The molecule has 0 aromatic heterocycles. The van der Waals surface area contributed by atoms with E-state index in [9.17, 15) is 9.59 Å². The highest BCUT2D eigenvalue weighted by molar-refractivity contribution is 8.04. The molecular weight excluding hydrogens is 404 g/mol. The SMILES string of the molecule is Cc1cccc(/C=C2\Sc3ccc(C(=O)NC4CCCCCCC4)cc3N(C)C2=O)c1. The predicted octanol–water partition coefficient (Wildman–Crippen LogP) is 5.95. The molecule has 2 aromatic carbocycles. The lowest BCUT2D eigenvalue weighted by molar-refractivity contribution is -0.114. The largest absolute Gasteiger partial charge is 0.349 e. The molecule has 4 rings (SSSR count). The zero-order valence-electron chi connectivity index (χ0n) is 18.3. The van der Waals surface area contributed by atoms with Gasteiger partial charge in [-0.1, -0.05) is 73.7 Å². The van der Waals surface area contributed by atoms with Crippen LogP contribution in [0.25, 0.3) is 6.08 Å². The molecule has 0 unspecified atom stereocenters. The van der Waals surface area contributed by atoms with E-state index in [2.05, 4.69) is 11.4 Å². The highest BCUT2D eigenvalue weighted by Crippen LogP contribution is 2.42. The number of rotatable bonds is 3. The fourth-order valence-corrected chi connectivity index (χ4v) is 5.41. The number of fused-ring (bicyclic) bond motifs is 1. The number of anilines is 1. The number of hydrogen-bond acceptors (Lipinski definition) is 3. The van der Waals surface area contributed by atoms with Crippen LogP contribution in [-0.2, 0) is 4.79 Å². The molecule has 0 spiro atoms. The van der Waals surface area contributed by atoms with Crippen molar-refractivity contribution in [3.8, 4) is 0 Å². The Morgan fingerprint density at radius 3 is 2.55 bits per heavy atom. The molecule has 162 valence electrons. The van der Waals surface area contributed by atoms with Crippen molar-refractivity contribution in [3.05, 3.63) is 64.1 Å². The summed E-state index contributed by atoms with van der Waals surface area (Å²) >= 11 is 1.47. The van der Waals surface area contributed by atoms with E-state index in [0.717, 1.165) is 34.6 Å². The summed E-state index contributed by atoms with van der Waals surface area (Å²) in [4.78, 5) is 29.2. The first-order valence-electron chi connectivity index (χ1n) is 11.2. The van der Waals surface area contributed by atoms with E-state index in [4.69, 9.17) is 0 Å². The number of carbonyl (C=O) groups excluding carboxylic acids is 2. The summed E-state index contributed by atoms with van der Waals surface area (Å²) in [5.41, 5.74) is 3.59. The molecule has 1 N–H and O–H groups in total. The second-order valence-corrected chi connectivity index (χ2v) is 9.67. The van der Waals surface area contributed by atoms with Crippen molar-refractivity contribution in [2.45, 2.75) is 62.8 Å². The Hall–Kier alpha value is -2.53. The van der Waals surface area contributed by atoms with Gasteiger partial charge in [-0.2, -0.15) is 0 Å². The Morgan fingerprint density at radius 2 is 1.81 bits per heavy atom. The van der Waals surface area contributed by atoms with E-state index in [1.54, 1.807) is 11.9 Å². The Labute approximate surface area is 189 Å². The summed E-state index contributed by atoms with van der Waals surface area (Å²) in [6, 6.07) is 14.0. The molecule has 4 nitrogen and oxygen atoms in total. The van der Waals surface area contributed by atoms with Crippen LogP contribution in [0.4, 0.5) is 5.69 Å². The van der Waals surface area contributed by atoms with E-state index in [1.165, 1.54) is 43.9 Å². The summed E-state index contributed by atoms with van der Waals surface area (Å²) in [7, 11) is 1.78. The first kappa shape index (κ1) is 21.7. The molecule has 0 atom stereocenters. The molecule has 1 heterocycles. The second-order valence-electron chi connectivity index (χ2n) is 8.59. The van der Waals surface area contributed by atoms with Gasteiger partial charge in [0.1, 0.15) is 0 Å². The standard InChI is InChI=1S/C26H30N2O2S/c1-18-9-8-10-19(15-18)16-24-26(30)28(2)22-17-20(13-14-23(22)31-24)25(29)27-21-11-6-4-3-5-7-12-21/h8-10,13-17,21H,3-7,11-12H2,1-2H3,(H,27,29)/b24-16-. The first-order chi connectivity index (χ1) is 15.0. The van der Waals surface area contributed by atoms with Gasteiger partial charge in [-0.25, -0.2) is 0 Å². The number of nitrogens with one attached hydrogen (secondary N) is 1. The van der Waals surface area contributed by atoms with Crippen LogP contribution >= 0.6 is 11.8 Å². The summed E-state index contributed by atoms with van der Waals surface area (Å²) in [5.74, 6) is -0.0862. The molecule has 31 heavy (non-hydrogen) atoms. The van der Waals surface area contributed by atoms with Crippen molar-refractivity contribution in [2.24, 2.45) is 0 Å². The predicted molar refractivity (Wildman–Crippen MR) is 128 cm³/mol. The van der Waals surface area contributed by atoms with E-state index >= 15 is 0 Å². The number of benzene rings is 2. The van der Waals surface area contributed by atoms with Crippen LogP contribution < -0.4 is 10.2 Å². The number of carbonyl (C=O) groups is 2.